The Morgan fingerprint density at radius 3 is 2.89 bits per heavy atom. The average Bonchev–Trinajstić information content (AvgIpc) is 3.36. The zero-order valence-corrected chi connectivity index (χ0v) is 16.9. The zero-order chi connectivity index (χ0) is 18.6. The Bertz CT molecular complexity index is 983. The van der Waals surface area contributed by atoms with Crippen molar-refractivity contribution < 1.29 is 4.39 Å². The molecule has 5 rings (SSSR count). The van der Waals surface area contributed by atoms with E-state index < -0.39 is 6.17 Å². The van der Waals surface area contributed by atoms with E-state index in [2.05, 4.69) is 48.3 Å². The minimum absolute atomic E-state index is 0.390. The highest BCUT2D eigenvalue weighted by atomic mass is 32.2. The zero-order valence-electron chi connectivity index (χ0n) is 15.3. The number of aromatic nitrogens is 4. The van der Waals surface area contributed by atoms with Gasteiger partial charge in [0.25, 0.3) is 0 Å². The van der Waals surface area contributed by atoms with Crippen LogP contribution in [0, 0.1) is 5.41 Å². The third-order valence-electron chi connectivity index (χ3n) is 5.53. The number of fused-ring (bicyclic) bond motifs is 1. The Morgan fingerprint density at radius 1 is 1.37 bits per heavy atom. The minimum Gasteiger partial charge on any atom is -0.368 e. The van der Waals surface area contributed by atoms with Crippen molar-refractivity contribution >= 4 is 34.3 Å². The van der Waals surface area contributed by atoms with Crippen LogP contribution in [-0.4, -0.2) is 52.0 Å². The summed E-state index contributed by atoms with van der Waals surface area (Å²) in [7, 11) is 0. The van der Waals surface area contributed by atoms with E-state index >= 15 is 0 Å². The molecule has 0 amide bonds. The van der Waals surface area contributed by atoms with Crippen molar-refractivity contribution in [2.45, 2.75) is 24.4 Å². The molecule has 142 valence electrons. The second-order valence-corrected chi connectivity index (χ2v) is 9.34. The summed E-state index contributed by atoms with van der Waals surface area (Å²) in [5, 5.41) is 12.7. The highest BCUT2D eigenvalue weighted by Crippen LogP contribution is 2.42. The van der Waals surface area contributed by atoms with Crippen LogP contribution in [0.15, 0.2) is 23.4 Å². The molecule has 2 saturated heterocycles. The molecule has 1 atom stereocenters. The van der Waals surface area contributed by atoms with E-state index in [1.165, 1.54) is 35.3 Å². The van der Waals surface area contributed by atoms with E-state index in [0.717, 1.165) is 37.5 Å². The van der Waals surface area contributed by atoms with E-state index in [-0.39, 0.29) is 0 Å². The van der Waals surface area contributed by atoms with Gasteiger partial charge in [-0.05, 0) is 32.2 Å². The third kappa shape index (κ3) is 2.83. The average molecular weight is 405 g/mol. The molecular weight excluding hydrogens is 383 g/mol. The Hall–Kier alpha value is -1.71. The van der Waals surface area contributed by atoms with Crippen LogP contribution in [-0.2, 0) is 0 Å². The molecular formula is C18H21FN6S2. The fraction of sp³-hybridized carbons (Fsp3) is 0.500. The molecule has 2 aliphatic heterocycles. The van der Waals surface area contributed by atoms with Gasteiger partial charge in [-0.1, -0.05) is 11.3 Å². The third-order valence-corrected chi connectivity index (χ3v) is 7.30. The van der Waals surface area contributed by atoms with Gasteiger partial charge in [-0.3, -0.25) is 4.40 Å². The topological polar surface area (TPSA) is 58.3 Å². The Kier molecular flexibility index (Phi) is 4.14. The lowest BCUT2D eigenvalue weighted by Crippen LogP contribution is -2.57. The second kappa shape index (κ2) is 6.42. The summed E-state index contributed by atoms with van der Waals surface area (Å²) in [4.78, 5) is 8.22. The fourth-order valence-electron chi connectivity index (χ4n) is 4.06. The van der Waals surface area contributed by atoms with Gasteiger partial charge >= 0.3 is 0 Å². The summed E-state index contributed by atoms with van der Waals surface area (Å²) in [6.45, 7) is 5.88. The van der Waals surface area contributed by atoms with Gasteiger partial charge in [0, 0.05) is 36.1 Å². The molecule has 0 aliphatic carbocycles. The molecule has 27 heavy (non-hydrogen) atoms. The first kappa shape index (κ1) is 17.4. The van der Waals surface area contributed by atoms with Crippen LogP contribution in [0.2, 0.25) is 0 Å². The number of halogens is 1. The molecule has 2 aliphatic rings. The normalized spacial score (nSPS) is 19.7. The highest BCUT2D eigenvalue weighted by Gasteiger charge is 2.45. The lowest BCUT2D eigenvalue weighted by Gasteiger charge is -2.49. The van der Waals surface area contributed by atoms with Crippen LogP contribution in [0.5, 0.6) is 0 Å². The first-order valence-electron chi connectivity index (χ1n) is 9.07. The maximum atomic E-state index is 13.6. The molecule has 1 unspecified atom stereocenters. The minimum atomic E-state index is -1.11. The van der Waals surface area contributed by atoms with Crippen LogP contribution < -0.4 is 10.2 Å². The van der Waals surface area contributed by atoms with Gasteiger partial charge in [0.15, 0.2) is 22.0 Å². The van der Waals surface area contributed by atoms with Gasteiger partial charge in [0.2, 0.25) is 0 Å². The first-order valence-corrected chi connectivity index (χ1v) is 11.1. The number of hydrogen-bond donors (Lipinski definition) is 1. The van der Waals surface area contributed by atoms with Gasteiger partial charge < -0.3 is 10.2 Å². The number of thioether (sulfide) groups is 1. The standard InChI is InChI=1S/C18H21FN6S2/c1-11(19)16-22-23-17(27-16)15-21-6-14-13(5-12(26-2)7-25(14)15)24-9-18(10-24)3-4-20-8-18/h5-7,11,20H,3-4,8-10H2,1-2H3. The van der Waals surface area contributed by atoms with E-state index in [1.807, 2.05) is 6.20 Å². The molecule has 2 fully saturated rings. The van der Waals surface area contributed by atoms with E-state index in [9.17, 15) is 4.39 Å². The molecule has 1 N–H and O–H groups in total. The summed E-state index contributed by atoms with van der Waals surface area (Å²) in [5.41, 5.74) is 2.70. The van der Waals surface area contributed by atoms with Crippen molar-refractivity contribution in [3.63, 3.8) is 0 Å². The van der Waals surface area contributed by atoms with Gasteiger partial charge in [-0.2, -0.15) is 0 Å². The van der Waals surface area contributed by atoms with E-state index in [1.54, 1.807) is 11.8 Å². The molecule has 3 aromatic heterocycles. The maximum absolute atomic E-state index is 13.6. The van der Waals surface area contributed by atoms with Crippen molar-refractivity contribution in [2.24, 2.45) is 5.41 Å². The lowest BCUT2D eigenvalue weighted by atomic mass is 9.79. The number of rotatable bonds is 4. The SMILES string of the molecule is CSc1cc(N2CC3(CCNC3)C2)c2cnc(-c3nnc(C(C)F)s3)n2c1. The van der Waals surface area contributed by atoms with Crippen LogP contribution in [0.25, 0.3) is 16.3 Å². The number of hydrogen-bond acceptors (Lipinski definition) is 7. The molecule has 1 spiro atoms. The van der Waals surface area contributed by atoms with Crippen LogP contribution in [0.3, 0.4) is 0 Å². The summed E-state index contributed by atoms with van der Waals surface area (Å²) in [6, 6.07) is 2.25. The molecule has 0 saturated carbocycles. The Morgan fingerprint density at radius 2 is 2.22 bits per heavy atom. The Balaban J connectivity index is 1.55. The lowest BCUT2D eigenvalue weighted by molar-refractivity contribution is 0.243. The number of alkyl halides is 1. The largest absolute Gasteiger partial charge is 0.368 e. The molecule has 0 aromatic carbocycles. The van der Waals surface area contributed by atoms with Crippen LogP contribution in [0.4, 0.5) is 10.1 Å². The second-order valence-electron chi connectivity index (χ2n) is 7.45. The smallest absolute Gasteiger partial charge is 0.184 e. The fourth-order valence-corrected chi connectivity index (χ4v) is 5.27. The number of nitrogens with one attached hydrogen (secondary N) is 1. The number of anilines is 1. The quantitative estimate of drug-likeness (QED) is 0.673. The molecule has 9 heteroatoms. The predicted octanol–water partition coefficient (Wildman–Crippen LogP) is 3.40. The molecule has 0 bridgehead atoms. The molecule has 5 heterocycles. The summed E-state index contributed by atoms with van der Waals surface area (Å²) in [5.74, 6) is 0.726. The number of pyridine rings is 1. The monoisotopic (exact) mass is 404 g/mol. The maximum Gasteiger partial charge on any atom is 0.184 e. The van der Waals surface area contributed by atoms with E-state index in [4.69, 9.17) is 0 Å². The molecule has 3 aromatic rings. The number of imidazole rings is 1. The van der Waals surface area contributed by atoms with Crippen molar-refractivity contribution in [1.82, 2.24) is 24.9 Å². The molecule has 0 radical (unpaired) electrons. The van der Waals surface area contributed by atoms with Crippen molar-refractivity contribution in [3.05, 3.63) is 23.5 Å². The van der Waals surface area contributed by atoms with Crippen molar-refractivity contribution in [1.29, 1.82) is 0 Å². The van der Waals surface area contributed by atoms with Crippen LogP contribution >= 0.6 is 23.1 Å². The van der Waals surface area contributed by atoms with Gasteiger partial charge in [0.1, 0.15) is 0 Å². The van der Waals surface area contributed by atoms with Gasteiger partial charge in [0.05, 0.1) is 17.4 Å². The van der Waals surface area contributed by atoms with E-state index in [0.29, 0.717) is 15.4 Å². The van der Waals surface area contributed by atoms with Crippen LogP contribution in [0.1, 0.15) is 24.5 Å². The van der Waals surface area contributed by atoms with Gasteiger partial charge in [-0.25, -0.2) is 9.37 Å². The summed E-state index contributed by atoms with van der Waals surface area (Å²) < 4.78 is 15.6. The summed E-state index contributed by atoms with van der Waals surface area (Å²) >= 11 is 2.98. The number of nitrogens with zero attached hydrogens (tertiary/aromatic N) is 5. The first-order chi connectivity index (χ1) is 13.1. The van der Waals surface area contributed by atoms with Gasteiger partial charge in [-0.15, -0.1) is 22.0 Å². The van der Waals surface area contributed by atoms with Crippen molar-refractivity contribution in [2.75, 3.05) is 37.3 Å². The summed E-state index contributed by atoms with van der Waals surface area (Å²) in [6.07, 6.45) is 6.19. The Labute approximate surface area is 165 Å². The highest BCUT2D eigenvalue weighted by molar-refractivity contribution is 7.98. The van der Waals surface area contributed by atoms with Crippen molar-refractivity contribution in [3.8, 4) is 10.8 Å². The predicted molar refractivity (Wildman–Crippen MR) is 108 cm³/mol. The molecule has 6 nitrogen and oxygen atoms in total.